The molecule has 1 heterocycles. The van der Waals surface area contributed by atoms with E-state index in [1.807, 2.05) is 0 Å². The average molecular weight is 247 g/mol. The number of likely N-dealkylation sites (tertiary alicyclic amines) is 1. The molecule has 0 spiro atoms. The van der Waals surface area contributed by atoms with Crippen molar-refractivity contribution in [3.63, 3.8) is 0 Å². The molecule has 1 rings (SSSR count). The third kappa shape index (κ3) is 2.95. The van der Waals surface area contributed by atoms with Crippen molar-refractivity contribution < 1.29 is 14.4 Å². The highest BCUT2D eigenvalue weighted by Crippen LogP contribution is 2.15. The van der Waals surface area contributed by atoms with E-state index in [9.17, 15) is 14.4 Å². The van der Waals surface area contributed by atoms with Crippen molar-refractivity contribution in [3.8, 4) is 0 Å². The van der Waals surface area contributed by atoms with Crippen LogP contribution in [-0.2, 0) is 14.4 Å². The standard InChI is InChI=1S/C10H15ClN2O3/c1-2-7(10(16)12-8(14)6-11)13-5-3-4-9(13)15/h7H,2-6H2,1H3,(H,12,14,16). The van der Waals surface area contributed by atoms with Crippen molar-refractivity contribution >= 4 is 29.3 Å². The van der Waals surface area contributed by atoms with Gasteiger partial charge in [-0.2, -0.15) is 0 Å². The Kier molecular flexibility index (Phi) is 4.73. The number of amides is 3. The summed E-state index contributed by atoms with van der Waals surface area (Å²) in [6.07, 6.45) is 1.74. The van der Waals surface area contributed by atoms with E-state index in [-0.39, 0.29) is 11.8 Å². The first-order valence-corrected chi connectivity index (χ1v) is 5.82. The summed E-state index contributed by atoms with van der Waals surface area (Å²) >= 11 is 5.29. The minimum absolute atomic E-state index is 0.0275. The zero-order chi connectivity index (χ0) is 12.1. The summed E-state index contributed by atoms with van der Waals surface area (Å²) in [7, 11) is 0. The number of hydrogen-bond donors (Lipinski definition) is 1. The van der Waals surface area contributed by atoms with Gasteiger partial charge in [0, 0.05) is 13.0 Å². The number of nitrogens with one attached hydrogen (secondary N) is 1. The molecular weight excluding hydrogens is 232 g/mol. The van der Waals surface area contributed by atoms with Crippen LogP contribution in [0.25, 0.3) is 0 Å². The topological polar surface area (TPSA) is 66.5 Å². The summed E-state index contributed by atoms with van der Waals surface area (Å²) in [5, 5.41) is 2.17. The zero-order valence-corrected chi connectivity index (χ0v) is 9.92. The van der Waals surface area contributed by atoms with Crippen LogP contribution in [0.15, 0.2) is 0 Å². The van der Waals surface area contributed by atoms with Gasteiger partial charge in [-0.05, 0) is 12.8 Å². The van der Waals surface area contributed by atoms with Crippen LogP contribution < -0.4 is 5.32 Å². The second kappa shape index (κ2) is 5.84. The maximum absolute atomic E-state index is 11.7. The highest BCUT2D eigenvalue weighted by molar-refractivity contribution is 6.28. The van der Waals surface area contributed by atoms with Crippen molar-refractivity contribution in [3.05, 3.63) is 0 Å². The highest BCUT2D eigenvalue weighted by atomic mass is 35.5. The largest absolute Gasteiger partial charge is 0.331 e. The van der Waals surface area contributed by atoms with E-state index >= 15 is 0 Å². The molecule has 1 atom stereocenters. The Morgan fingerprint density at radius 2 is 2.25 bits per heavy atom. The first kappa shape index (κ1) is 13.0. The van der Waals surface area contributed by atoms with E-state index in [0.29, 0.717) is 19.4 Å². The number of hydrogen-bond acceptors (Lipinski definition) is 3. The quantitative estimate of drug-likeness (QED) is 0.724. The maximum atomic E-state index is 11.7. The Labute approximate surface area is 99.1 Å². The van der Waals surface area contributed by atoms with Gasteiger partial charge in [-0.1, -0.05) is 6.92 Å². The third-order valence-corrected chi connectivity index (χ3v) is 2.80. The zero-order valence-electron chi connectivity index (χ0n) is 9.16. The van der Waals surface area contributed by atoms with Gasteiger partial charge in [-0.3, -0.25) is 19.7 Å². The van der Waals surface area contributed by atoms with Crippen LogP contribution in [0.5, 0.6) is 0 Å². The predicted octanol–water partition coefficient (Wildman–Crippen LogP) is 0.269. The monoisotopic (exact) mass is 246 g/mol. The molecule has 5 nitrogen and oxygen atoms in total. The van der Waals surface area contributed by atoms with Crippen LogP contribution in [0.4, 0.5) is 0 Å². The highest BCUT2D eigenvalue weighted by Gasteiger charge is 2.31. The molecular formula is C10H15ClN2O3. The van der Waals surface area contributed by atoms with E-state index in [1.54, 1.807) is 6.92 Å². The molecule has 0 saturated carbocycles. The van der Waals surface area contributed by atoms with Crippen molar-refractivity contribution in [2.45, 2.75) is 32.2 Å². The molecule has 16 heavy (non-hydrogen) atoms. The molecule has 1 aliphatic heterocycles. The van der Waals surface area contributed by atoms with Gasteiger partial charge in [0.2, 0.25) is 17.7 Å². The summed E-state index contributed by atoms with van der Waals surface area (Å²) in [6, 6.07) is -0.554. The normalized spacial score (nSPS) is 17.4. The van der Waals surface area contributed by atoms with E-state index < -0.39 is 17.9 Å². The molecule has 0 aliphatic carbocycles. The lowest BCUT2D eigenvalue weighted by atomic mass is 10.2. The molecule has 0 radical (unpaired) electrons. The lowest BCUT2D eigenvalue weighted by Gasteiger charge is -2.25. The fourth-order valence-electron chi connectivity index (χ4n) is 1.80. The maximum Gasteiger partial charge on any atom is 0.249 e. The SMILES string of the molecule is CCC(C(=O)NC(=O)CCl)N1CCCC1=O. The minimum atomic E-state index is -0.554. The molecule has 6 heteroatoms. The number of rotatable bonds is 4. The van der Waals surface area contributed by atoms with Gasteiger partial charge >= 0.3 is 0 Å². The number of halogens is 1. The van der Waals surface area contributed by atoms with E-state index in [4.69, 9.17) is 11.6 Å². The summed E-state index contributed by atoms with van der Waals surface area (Å²) < 4.78 is 0. The lowest BCUT2D eigenvalue weighted by Crippen LogP contribution is -2.49. The number of carbonyl (C=O) groups excluding carboxylic acids is 3. The summed E-state index contributed by atoms with van der Waals surface area (Å²) in [5.41, 5.74) is 0. The Hall–Kier alpha value is -1.10. The Morgan fingerprint density at radius 1 is 1.56 bits per heavy atom. The summed E-state index contributed by atoms with van der Waals surface area (Å²) in [4.78, 5) is 35.7. The molecule has 1 aliphatic rings. The lowest BCUT2D eigenvalue weighted by molar-refractivity contribution is -0.139. The Morgan fingerprint density at radius 3 is 2.69 bits per heavy atom. The number of nitrogens with zero attached hydrogens (tertiary/aromatic N) is 1. The molecule has 0 aromatic heterocycles. The van der Waals surface area contributed by atoms with Gasteiger partial charge in [0.25, 0.3) is 0 Å². The van der Waals surface area contributed by atoms with Crippen molar-refractivity contribution in [1.29, 1.82) is 0 Å². The minimum Gasteiger partial charge on any atom is -0.331 e. The van der Waals surface area contributed by atoms with Gasteiger partial charge in [0.15, 0.2) is 0 Å². The molecule has 1 saturated heterocycles. The van der Waals surface area contributed by atoms with Gasteiger partial charge in [-0.15, -0.1) is 11.6 Å². The first-order chi connectivity index (χ1) is 7.60. The number of alkyl halides is 1. The van der Waals surface area contributed by atoms with Gasteiger partial charge in [0.1, 0.15) is 11.9 Å². The summed E-state index contributed by atoms with van der Waals surface area (Å²) in [6.45, 7) is 2.39. The fraction of sp³-hybridized carbons (Fsp3) is 0.700. The van der Waals surface area contributed by atoms with Crippen molar-refractivity contribution in [1.82, 2.24) is 10.2 Å². The smallest absolute Gasteiger partial charge is 0.249 e. The van der Waals surface area contributed by atoms with Gasteiger partial charge in [-0.25, -0.2) is 0 Å². The molecule has 90 valence electrons. The molecule has 3 amide bonds. The van der Waals surface area contributed by atoms with Crippen LogP contribution >= 0.6 is 11.6 Å². The first-order valence-electron chi connectivity index (χ1n) is 5.29. The number of carbonyl (C=O) groups is 3. The van der Waals surface area contributed by atoms with E-state index in [2.05, 4.69) is 5.32 Å². The summed E-state index contributed by atoms with van der Waals surface area (Å²) in [5.74, 6) is -1.25. The van der Waals surface area contributed by atoms with Crippen LogP contribution in [0.3, 0.4) is 0 Å². The molecule has 0 bridgehead atoms. The second-order valence-electron chi connectivity index (χ2n) is 3.66. The molecule has 1 N–H and O–H groups in total. The van der Waals surface area contributed by atoms with Crippen LogP contribution in [0.1, 0.15) is 26.2 Å². The third-order valence-electron chi connectivity index (χ3n) is 2.56. The van der Waals surface area contributed by atoms with Gasteiger partial charge in [0.05, 0.1) is 0 Å². The predicted molar refractivity (Wildman–Crippen MR) is 58.9 cm³/mol. The van der Waals surface area contributed by atoms with Crippen LogP contribution in [0.2, 0.25) is 0 Å². The second-order valence-corrected chi connectivity index (χ2v) is 3.93. The van der Waals surface area contributed by atoms with Gasteiger partial charge < -0.3 is 4.90 Å². The van der Waals surface area contributed by atoms with Crippen LogP contribution in [-0.4, -0.2) is 41.1 Å². The van der Waals surface area contributed by atoms with Crippen LogP contribution in [0, 0.1) is 0 Å². The van der Waals surface area contributed by atoms with Crippen molar-refractivity contribution in [2.75, 3.05) is 12.4 Å². The molecule has 0 aromatic rings. The van der Waals surface area contributed by atoms with E-state index in [1.165, 1.54) is 4.90 Å². The number of imide groups is 1. The Bertz CT molecular complexity index is 306. The Balaban J connectivity index is 2.62. The molecule has 0 aromatic carbocycles. The average Bonchev–Trinajstić information content (AvgIpc) is 2.66. The van der Waals surface area contributed by atoms with E-state index in [0.717, 1.165) is 6.42 Å². The molecule has 1 unspecified atom stereocenters. The fourth-order valence-corrected chi connectivity index (χ4v) is 1.87. The van der Waals surface area contributed by atoms with Crippen molar-refractivity contribution in [2.24, 2.45) is 0 Å². The molecule has 1 fully saturated rings.